The Morgan fingerprint density at radius 3 is 2.05 bits per heavy atom. The molecule has 1 aromatic carbocycles. The van der Waals surface area contributed by atoms with Gasteiger partial charge in [-0.05, 0) is 71.2 Å². The lowest BCUT2D eigenvalue weighted by Crippen LogP contribution is -2.57. The number of benzene rings is 1. The predicted molar refractivity (Wildman–Crippen MR) is 83.0 cm³/mol. The molecule has 0 radical (unpaired) electrons. The molecule has 0 atom stereocenters. The molecule has 21 heavy (non-hydrogen) atoms. The van der Waals surface area contributed by atoms with Crippen LogP contribution >= 0.6 is 45.2 Å². The highest BCUT2D eigenvalue weighted by molar-refractivity contribution is 14.1. The monoisotopic (exact) mass is 525 g/mol. The van der Waals surface area contributed by atoms with Crippen molar-refractivity contribution in [3.05, 3.63) is 24.8 Å². The van der Waals surface area contributed by atoms with E-state index in [2.05, 4.69) is 4.74 Å². The Balaban J connectivity index is 3.09. The van der Waals surface area contributed by atoms with Crippen LogP contribution in [0.15, 0.2) is 12.1 Å². The molecular formula is C12H9F2I2O5-. The third-order valence-corrected chi connectivity index (χ3v) is 4.26. The zero-order valence-corrected chi connectivity index (χ0v) is 15.1. The lowest BCUT2D eigenvalue weighted by Gasteiger charge is -2.33. The number of alkyl halides is 2. The summed E-state index contributed by atoms with van der Waals surface area (Å²) in [6.07, 6.45) is 0. The van der Waals surface area contributed by atoms with Crippen LogP contribution in [-0.2, 0) is 9.53 Å². The van der Waals surface area contributed by atoms with Crippen LogP contribution in [0.4, 0.5) is 8.78 Å². The number of carboxylic acid groups (broad SMARTS) is 1. The molecule has 0 fully saturated rings. The fraction of sp³-hybridized carbons (Fsp3) is 0.333. The quantitative estimate of drug-likeness (QED) is 0.480. The van der Waals surface area contributed by atoms with Crippen molar-refractivity contribution in [1.29, 1.82) is 0 Å². The summed E-state index contributed by atoms with van der Waals surface area (Å²) in [4.78, 5) is 22.3. The van der Waals surface area contributed by atoms with Gasteiger partial charge in [0.2, 0.25) is 0 Å². The van der Waals surface area contributed by atoms with Crippen molar-refractivity contribution in [1.82, 2.24) is 0 Å². The molecule has 0 aliphatic carbocycles. The van der Waals surface area contributed by atoms with Gasteiger partial charge in [0, 0.05) is 0 Å². The van der Waals surface area contributed by atoms with Gasteiger partial charge in [0.05, 0.1) is 12.7 Å². The normalized spacial score (nSPS) is 12.1. The minimum Gasteiger partial charge on any atom is -0.544 e. The Bertz CT molecular complexity index is 578. The first-order valence-corrected chi connectivity index (χ1v) is 7.56. The zero-order valence-electron chi connectivity index (χ0n) is 10.7. The van der Waals surface area contributed by atoms with Crippen LogP contribution in [0.5, 0.6) is 5.75 Å². The highest BCUT2D eigenvalue weighted by Gasteiger charge is 2.51. The predicted octanol–water partition coefficient (Wildman–Crippen LogP) is 1.92. The number of carboxylic acids is 1. The van der Waals surface area contributed by atoms with Crippen molar-refractivity contribution < 1.29 is 33.3 Å². The summed E-state index contributed by atoms with van der Waals surface area (Å²) in [5, 5.41) is 20.0. The summed E-state index contributed by atoms with van der Waals surface area (Å²) in [7, 11) is 0. The number of phenols is 1. The van der Waals surface area contributed by atoms with Crippen LogP contribution in [0.3, 0.4) is 0 Å². The maximum atomic E-state index is 13.4. The van der Waals surface area contributed by atoms with E-state index in [4.69, 9.17) is 0 Å². The Labute approximate surface area is 146 Å². The average Bonchev–Trinajstić information content (AvgIpc) is 2.34. The number of ether oxygens (including phenoxy) is 1. The number of hydrogen-bond acceptors (Lipinski definition) is 5. The van der Waals surface area contributed by atoms with Crippen LogP contribution < -0.4 is 5.11 Å². The second kappa shape index (κ2) is 6.18. The topological polar surface area (TPSA) is 86.7 Å². The molecule has 0 amide bonds. The minimum atomic E-state index is -4.35. The first-order chi connectivity index (χ1) is 9.40. The van der Waals surface area contributed by atoms with Gasteiger partial charge in [0.25, 0.3) is 0 Å². The van der Waals surface area contributed by atoms with E-state index in [0.717, 1.165) is 13.8 Å². The molecular weight excluding hydrogens is 516 g/mol. The number of esters is 1. The van der Waals surface area contributed by atoms with E-state index in [9.17, 15) is 28.6 Å². The maximum Gasteiger partial charge on any atom is 0.338 e. The van der Waals surface area contributed by atoms with Gasteiger partial charge in [-0.2, -0.15) is 8.78 Å². The summed E-state index contributed by atoms with van der Waals surface area (Å²) in [5.41, 5.74) is -2.67. The van der Waals surface area contributed by atoms with Crippen LogP contribution in [0, 0.1) is 7.14 Å². The Morgan fingerprint density at radius 2 is 1.67 bits per heavy atom. The van der Waals surface area contributed by atoms with Gasteiger partial charge in [-0.1, -0.05) is 0 Å². The number of carbonyl (C=O) groups is 2. The Hall–Kier alpha value is -0.720. The summed E-state index contributed by atoms with van der Waals surface area (Å²) in [6.45, 7) is 1.55. The molecule has 0 aliphatic rings. The van der Waals surface area contributed by atoms with Crippen molar-refractivity contribution in [3.8, 4) is 5.75 Å². The molecule has 1 aromatic rings. The number of carbonyl (C=O) groups excluding carboxylic acids is 2. The summed E-state index contributed by atoms with van der Waals surface area (Å²) < 4.78 is 32.1. The third kappa shape index (κ3) is 3.73. The molecule has 0 spiro atoms. The molecule has 0 aromatic heterocycles. The number of phenolic OH excluding ortho intramolecular Hbond substituents is 1. The van der Waals surface area contributed by atoms with Crippen LogP contribution in [0.1, 0.15) is 24.2 Å². The Kier molecular flexibility index (Phi) is 5.40. The standard InChI is InChI=1S/C12H10F2I2O5/c1-11(2,12(13,14)10(19)20)21-9(18)5-3-6(15)8(17)7(16)4-5/h3-4,17H,1-2H3,(H,19,20)/p-1. The lowest BCUT2D eigenvalue weighted by molar-refractivity contribution is -0.341. The zero-order chi connectivity index (χ0) is 16.6. The van der Waals surface area contributed by atoms with Gasteiger partial charge in [-0.3, -0.25) is 0 Å². The molecule has 9 heteroatoms. The second-order valence-electron chi connectivity index (χ2n) is 4.55. The van der Waals surface area contributed by atoms with Gasteiger partial charge < -0.3 is 19.7 Å². The van der Waals surface area contributed by atoms with Gasteiger partial charge in [0.1, 0.15) is 11.7 Å². The van der Waals surface area contributed by atoms with E-state index in [1.165, 1.54) is 12.1 Å². The number of hydrogen-bond donors (Lipinski definition) is 1. The second-order valence-corrected chi connectivity index (χ2v) is 6.87. The minimum absolute atomic E-state index is 0.0490. The molecule has 0 saturated carbocycles. The number of aromatic hydroxyl groups is 1. The van der Waals surface area contributed by atoms with Crippen molar-refractivity contribution >= 4 is 57.1 Å². The van der Waals surface area contributed by atoms with Crippen molar-refractivity contribution in [3.63, 3.8) is 0 Å². The van der Waals surface area contributed by atoms with E-state index in [-0.39, 0.29) is 11.3 Å². The molecule has 0 saturated heterocycles. The summed E-state index contributed by atoms with van der Waals surface area (Å²) >= 11 is 3.52. The highest BCUT2D eigenvalue weighted by Crippen LogP contribution is 2.33. The van der Waals surface area contributed by atoms with E-state index in [1.807, 2.05) is 0 Å². The highest BCUT2D eigenvalue weighted by atomic mass is 127. The maximum absolute atomic E-state index is 13.4. The van der Waals surface area contributed by atoms with Crippen LogP contribution in [0.2, 0.25) is 0 Å². The SMILES string of the molecule is CC(C)(OC(=O)c1cc(I)c(O)c(I)c1)C(F)(F)C(=O)[O-]. The van der Waals surface area contributed by atoms with E-state index in [0.29, 0.717) is 7.14 Å². The summed E-state index contributed by atoms with van der Waals surface area (Å²) in [5.74, 6) is -8.15. The average molecular weight is 525 g/mol. The molecule has 0 heterocycles. The molecule has 1 N–H and O–H groups in total. The number of halogens is 4. The fourth-order valence-corrected chi connectivity index (χ4v) is 3.05. The van der Waals surface area contributed by atoms with E-state index in [1.54, 1.807) is 45.2 Å². The molecule has 1 rings (SSSR count). The van der Waals surface area contributed by atoms with Gasteiger partial charge in [0.15, 0.2) is 5.60 Å². The van der Waals surface area contributed by atoms with Crippen molar-refractivity contribution in [2.24, 2.45) is 0 Å². The lowest BCUT2D eigenvalue weighted by atomic mass is 10.0. The third-order valence-electron chi connectivity index (χ3n) is 2.61. The largest absolute Gasteiger partial charge is 0.544 e. The molecule has 0 unspecified atom stereocenters. The molecule has 0 aliphatic heterocycles. The van der Waals surface area contributed by atoms with E-state index >= 15 is 0 Å². The van der Waals surface area contributed by atoms with Crippen molar-refractivity contribution in [2.75, 3.05) is 0 Å². The van der Waals surface area contributed by atoms with E-state index < -0.39 is 23.5 Å². The number of rotatable bonds is 4. The molecule has 5 nitrogen and oxygen atoms in total. The van der Waals surface area contributed by atoms with Gasteiger partial charge in [-0.15, -0.1) is 0 Å². The Morgan fingerprint density at radius 1 is 1.24 bits per heavy atom. The molecule has 116 valence electrons. The van der Waals surface area contributed by atoms with Crippen LogP contribution in [-0.4, -0.2) is 28.6 Å². The first-order valence-electron chi connectivity index (χ1n) is 5.40. The summed E-state index contributed by atoms with van der Waals surface area (Å²) in [6, 6.07) is 2.49. The first kappa shape index (κ1) is 18.3. The molecule has 0 bridgehead atoms. The fourth-order valence-electron chi connectivity index (χ4n) is 1.28. The number of aliphatic carboxylic acids is 1. The van der Waals surface area contributed by atoms with Crippen molar-refractivity contribution in [2.45, 2.75) is 25.4 Å². The van der Waals surface area contributed by atoms with Crippen LogP contribution in [0.25, 0.3) is 0 Å². The van der Waals surface area contributed by atoms with Gasteiger partial charge >= 0.3 is 11.9 Å². The van der Waals surface area contributed by atoms with Gasteiger partial charge in [-0.25, -0.2) is 4.79 Å². The smallest absolute Gasteiger partial charge is 0.338 e.